The van der Waals surface area contributed by atoms with E-state index in [1.54, 1.807) is 24.3 Å². The fourth-order valence-electron chi connectivity index (χ4n) is 2.40. The molecule has 130 valence electrons. The van der Waals surface area contributed by atoms with Gasteiger partial charge in [0.15, 0.2) is 0 Å². The van der Waals surface area contributed by atoms with Gasteiger partial charge in [-0.2, -0.15) is 0 Å². The topological polar surface area (TPSA) is 84.5 Å². The first-order valence-corrected chi connectivity index (χ1v) is 7.71. The van der Waals surface area contributed by atoms with Crippen LogP contribution in [0.25, 0.3) is 11.1 Å². The molecule has 0 bridgehead atoms. The Balaban J connectivity index is 2.22. The quantitative estimate of drug-likeness (QED) is 0.642. The molecule has 2 aromatic carbocycles. The van der Waals surface area contributed by atoms with Gasteiger partial charge in [-0.3, -0.25) is 9.59 Å². The Morgan fingerprint density at radius 1 is 0.920 bits per heavy atom. The number of rotatable bonds is 5. The summed E-state index contributed by atoms with van der Waals surface area (Å²) in [5.41, 5.74) is 0.510. The number of amides is 2. The minimum Gasteiger partial charge on any atom is -0.467 e. The molecular weight excluding hydrogens is 320 g/mol. The first-order valence-electron chi connectivity index (χ1n) is 7.71. The molecule has 0 aliphatic rings. The lowest BCUT2D eigenvalue weighted by atomic mass is 9.99. The average molecular weight is 340 g/mol. The maximum absolute atomic E-state index is 12.4. The third kappa shape index (κ3) is 3.85. The third-order valence-corrected chi connectivity index (χ3v) is 3.89. The van der Waals surface area contributed by atoms with E-state index in [0.29, 0.717) is 5.56 Å². The van der Waals surface area contributed by atoms with Crippen molar-refractivity contribution in [3.05, 3.63) is 60.2 Å². The summed E-state index contributed by atoms with van der Waals surface area (Å²) in [5, 5.41) is 4.80. The fourth-order valence-corrected chi connectivity index (χ4v) is 2.40. The Bertz CT molecular complexity index is 754. The van der Waals surface area contributed by atoms with E-state index in [4.69, 9.17) is 0 Å². The van der Waals surface area contributed by atoms with E-state index < -0.39 is 23.3 Å². The van der Waals surface area contributed by atoms with Crippen molar-refractivity contribution in [2.24, 2.45) is 0 Å². The van der Waals surface area contributed by atoms with Crippen LogP contribution in [-0.2, 0) is 14.3 Å². The van der Waals surface area contributed by atoms with Crippen LogP contribution in [0.15, 0.2) is 54.6 Å². The molecule has 0 spiro atoms. The number of likely N-dealkylation sites (N-methyl/N-ethyl adjacent to an activating group) is 1. The van der Waals surface area contributed by atoms with E-state index in [2.05, 4.69) is 15.4 Å². The normalized spacial score (nSPS) is 12.6. The summed E-state index contributed by atoms with van der Waals surface area (Å²) in [4.78, 5) is 36.4. The lowest BCUT2D eigenvalue weighted by Crippen LogP contribution is -2.61. The molecule has 0 saturated carbocycles. The molecule has 0 saturated heterocycles. The number of carbonyl (C=O) groups excluding carboxylic acids is 3. The summed E-state index contributed by atoms with van der Waals surface area (Å²) >= 11 is 0. The van der Waals surface area contributed by atoms with Crippen molar-refractivity contribution in [1.29, 1.82) is 0 Å². The van der Waals surface area contributed by atoms with E-state index in [0.717, 1.165) is 18.2 Å². The molecule has 0 aliphatic heterocycles. The van der Waals surface area contributed by atoms with Crippen LogP contribution in [0.4, 0.5) is 0 Å². The number of nitrogens with one attached hydrogen (secondary N) is 2. The summed E-state index contributed by atoms with van der Waals surface area (Å²) in [6.07, 6.45) is 0. The molecule has 0 heterocycles. The number of benzene rings is 2. The maximum atomic E-state index is 12.4. The highest BCUT2D eigenvalue weighted by Gasteiger charge is 2.43. The second-order valence-electron chi connectivity index (χ2n) is 5.59. The van der Waals surface area contributed by atoms with Crippen molar-refractivity contribution in [3.63, 3.8) is 0 Å². The Morgan fingerprint density at radius 3 is 2.00 bits per heavy atom. The Hall–Kier alpha value is -3.15. The molecule has 0 fully saturated rings. The molecule has 0 aliphatic carbocycles. The summed E-state index contributed by atoms with van der Waals surface area (Å²) in [6, 6.07) is 16.6. The molecule has 1 atom stereocenters. The number of ether oxygens (including phenoxy) is 1. The predicted octanol–water partition coefficient (Wildman–Crippen LogP) is 1.76. The molecule has 0 aromatic heterocycles. The standard InChI is InChI=1S/C19H20N2O4/c1-19(17(23)20-2,18(24)25-3)21-16(22)15-11-9-14(10-12-15)13-7-5-4-6-8-13/h4-12H,1-3H3,(H,20,23)(H,21,22). The molecular formula is C19H20N2O4. The van der Waals surface area contributed by atoms with Gasteiger partial charge in [0, 0.05) is 12.6 Å². The van der Waals surface area contributed by atoms with Gasteiger partial charge in [-0.25, -0.2) is 4.79 Å². The van der Waals surface area contributed by atoms with E-state index in [-0.39, 0.29) is 0 Å². The van der Waals surface area contributed by atoms with Crippen LogP contribution in [0.1, 0.15) is 17.3 Å². The van der Waals surface area contributed by atoms with Crippen LogP contribution in [0.2, 0.25) is 0 Å². The monoisotopic (exact) mass is 340 g/mol. The second-order valence-corrected chi connectivity index (χ2v) is 5.59. The fraction of sp³-hybridized carbons (Fsp3) is 0.211. The van der Waals surface area contributed by atoms with Crippen LogP contribution < -0.4 is 10.6 Å². The van der Waals surface area contributed by atoms with E-state index in [1.807, 2.05) is 30.3 Å². The molecule has 2 N–H and O–H groups in total. The largest absolute Gasteiger partial charge is 0.467 e. The van der Waals surface area contributed by atoms with Gasteiger partial charge in [0.2, 0.25) is 5.54 Å². The highest BCUT2D eigenvalue weighted by molar-refractivity contribution is 6.11. The van der Waals surface area contributed by atoms with Gasteiger partial charge >= 0.3 is 5.97 Å². The minimum absolute atomic E-state index is 0.332. The van der Waals surface area contributed by atoms with Gasteiger partial charge < -0.3 is 15.4 Å². The van der Waals surface area contributed by atoms with Crippen LogP contribution in [0, 0.1) is 0 Å². The maximum Gasteiger partial charge on any atom is 0.341 e. The number of methoxy groups -OCH3 is 1. The van der Waals surface area contributed by atoms with E-state index in [9.17, 15) is 14.4 Å². The van der Waals surface area contributed by atoms with E-state index >= 15 is 0 Å². The van der Waals surface area contributed by atoms with Crippen molar-refractivity contribution >= 4 is 17.8 Å². The highest BCUT2D eigenvalue weighted by atomic mass is 16.5. The summed E-state index contributed by atoms with van der Waals surface area (Å²) in [5.74, 6) is -2.05. The predicted molar refractivity (Wildman–Crippen MR) is 93.8 cm³/mol. The summed E-state index contributed by atoms with van der Waals surface area (Å²) in [6.45, 7) is 1.30. The first-order chi connectivity index (χ1) is 11.9. The van der Waals surface area contributed by atoms with Crippen LogP contribution in [0.3, 0.4) is 0 Å². The third-order valence-electron chi connectivity index (χ3n) is 3.89. The van der Waals surface area contributed by atoms with Gasteiger partial charge in [-0.1, -0.05) is 42.5 Å². The Kier molecular flexibility index (Phi) is 5.54. The molecule has 2 aromatic rings. The van der Waals surface area contributed by atoms with Crippen molar-refractivity contribution in [3.8, 4) is 11.1 Å². The highest BCUT2D eigenvalue weighted by Crippen LogP contribution is 2.19. The van der Waals surface area contributed by atoms with Crippen molar-refractivity contribution in [2.45, 2.75) is 12.5 Å². The number of hydrogen-bond donors (Lipinski definition) is 2. The lowest BCUT2D eigenvalue weighted by Gasteiger charge is -2.25. The first kappa shape index (κ1) is 18.2. The molecule has 6 heteroatoms. The van der Waals surface area contributed by atoms with Crippen LogP contribution in [0.5, 0.6) is 0 Å². The Morgan fingerprint density at radius 2 is 1.48 bits per heavy atom. The zero-order valence-electron chi connectivity index (χ0n) is 14.3. The number of hydrogen-bond acceptors (Lipinski definition) is 4. The minimum atomic E-state index is -1.81. The Labute approximate surface area is 146 Å². The molecule has 25 heavy (non-hydrogen) atoms. The zero-order valence-corrected chi connectivity index (χ0v) is 14.3. The van der Waals surface area contributed by atoms with Gasteiger partial charge in [0.05, 0.1) is 7.11 Å². The second kappa shape index (κ2) is 7.61. The van der Waals surface area contributed by atoms with Crippen LogP contribution in [-0.4, -0.2) is 37.5 Å². The number of esters is 1. The van der Waals surface area contributed by atoms with E-state index in [1.165, 1.54) is 14.0 Å². The zero-order chi connectivity index (χ0) is 18.4. The van der Waals surface area contributed by atoms with Gasteiger partial charge in [-0.15, -0.1) is 0 Å². The average Bonchev–Trinajstić information content (AvgIpc) is 2.67. The van der Waals surface area contributed by atoms with Gasteiger partial charge in [0.1, 0.15) is 0 Å². The van der Waals surface area contributed by atoms with Gasteiger partial charge in [0.25, 0.3) is 11.8 Å². The van der Waals surface area contributed by atoms with Crippen molar-refractivity contribution in [2.75, 3.05) is 14.2 Å². The molecule has 2 rings (SSSR count). The smallest absolute Gasteiger partial charge is 0.341 e. The molecule has 2 amide bonds. The van der Waals surface area contributed by atoms with Gasteiger partial charge in [-0.05, 0) is 30.2 Å². The SMILES string of the molecule is CNC(=O)C(C)(NC(=O)c1ccc(-c2ccccc2)cc1)C(=O)OC. The lowest BCUT2D eigenvalue weighted by molar-refractivity contribution is -0.152. The van der Waals surface area contributed by atoms with Crippen molar-refractivity contribution in [1.82, 2.24) is 10.6 Å². The number of carbonyl (C=O) groups is 3. The molecule has 0 radical (unpaired) electrons. The van der Waals surface area contributed by atoms with Crippen molar-refractivity contribution < 1.29 is 19.1 Å². The summed E-state index contributed by atoms with van der Waals surface area (Å²) in [7, 11) is 2.54. The van der Waals surface area contributed by atoms with Crippen LogP contribution >= 0.6 is 0 Å². The molecule has 6 nitrogen and oxygen atoms in total. The molecule has 1 unspecified atom stereocenters. The summed E-state index contributed by atoms with van der Waals surface area (Å²) < 4.78 is 4.64.